The number of carbonyl (C=O) groups excluding carboxylic acids is 4. The maximum Gasteiger partial charge on any atom is 0.322 e. The van der Waals surface area contributed by atoms with Gasteiger partial charge < -0.3 is 16.0 Å². The summed E-state index contributed by atoms with van der Waals surface area (Å²) in [5.41, 5.74) is 0.641. The van der Waals surface area contributed by atoms with Gasteiger partial charge in [-0.15, -0.1) is 0 Å². The Balaban J connectivity index is 1.74. The van der Waals surface area contributed by atoms with Crippen LogP contribution < -0.4 is 21.3 Å². The van der Waals surface area contributed by atoms with Gasteiger partial charge in [-0.1, -0.05) is 42.5 Å². The fraction of sp³-hybridized carbons (Fsp3) is 0.238. The molecule has 29 heavy (non-hydrogen) atoms. The van der Waals surface area contributed by atoms with E-state index in [1.54, 1.807) is 31.2 Å². The number of hydrogen-bond acceptors (Lipinski definition) is 4. The standard InChI is InChI=1S/C21H22N4O4/c1-13(26)22-17(14-7-4-3-5-8-14)12-18(27)23-16-10-6-9-15(11-16)21(2)19(28)24-20(29)25-21/h3-11,17H,12H2,1-2H3,(H,22,26)(H,23,27)(H2,24,25,28,29). The molecule has 8 heteroatoms. The van der Waals surface area contributed by atoms with Crippen LogP contribution >= 0.6 is 0 Å². The van der Waals surface area contributed by atoms with E-state index in [0.717, 1.165) is 5.56 Å². The number of carbonyl (C=O) groups is 4. The van der Waals surface area contributed by atoms with Gasteiger partial charge >= 0.3 is 6.03 Å². The summed E-state index contributed by atoms with van der Waals surface area (Å²) in [6.07, 6.45) is 0.0440. The third-order valence-corrected chi connectivity index (χ3v) is 4.74. The summed E-state index contributed by atoms with van der Waals surface area (Å²) in [5, 5.41) is 10.4. The highest BCUT2D eigenvalue weighted by Gasteiger charge is 2.43. The second-order valence-corrected chi connectivity index (χ2v) is 7.03. The lowest BCUT2D eigenvalue weighted by Gasteiger charge is -2.22. The van der Waals surface area contributed by atoms with Crippen LogP contribution in [0.3, 0.4) is 0 Å². The zero-order valence-corrected chi connectivity index (χ0v) is 16.1. The third-order valence-electron chi connectivity index (χ3n) is 4.74. The third kappa shape index (κ3) is 4.60. The summed E-state index contributed by atoms with van der Waals surface area (Å²) in [6.45, 7) is 3.00. The van der Waals surface area contributed by atoms with E-state index < -0.39 is 23.5 Å². The molecule has 1 fully saturated rings. The number of imide groups is 1. The Kier molecular flexibility index (Phi) is 5.63. The fourth-order valence-electron chi connectivity index (χ4n) is 3.23. The van der Waals surface area contributed by atoms with E-state index in [9.17, 15) is 19.2 Å². The molecule has 1 saturated heterocycles. The SMILES string of the molecule is CC(=O)NC(CC(=O)Nc1cccc(C2(C)NC(=O)NC2=O)c1)c1ccccc1. The Morgan fingerprint density at radius 3 is 2.41 bits per heavy atom. The molecule has 4 N–H and O–H groups in total. The van der Waals surface area contributed by atoms with E-state index in [4.69, 9.17) is 0 Å². The summed E-state index contributed by atoms with van der Waals surface area (Å²) in [6, 6.07) is 14.9. The predicted molar refractivity (Wildman–Crippen MR) is 107 cm³/mol. The van der Waals surface area contributed by atoms with Gasteiger partial charge in [-0.2, -0.15) is 0 Å². The van der Waals surface area contributed by atoms with Crippen molar-refractivity contribution in [3.63, 3.8) is 0 Å². The highest BCUT2D eigenvalue weighted by Crippen LogP contribution is 2.27. The molecule has 0 aromatic heterocycles. The zero-order valence-electron chi connectivity index (χ0n) is 16.1. The molecule has 5 amide bonds. The molecule has 0 aliphatic carbocycles. The van der Waals surface area contributed by atoms with Crippen molar-refractivity contribution in [1.29, 1.82) is 0 Å². The van der Waals surface area contributed by atoms with Crippen LogP contribution in [0.4, 0.5) is 10.5 Å². The molecule has 8 nitrogen and oxygen atoms in total. The number of anilines is 1. The van der Waals surface area contributed by atoms with Crippen molar-refractivity contribution in [3.8, 4) is 0 Å². The highest BCUT2D eigenvalue weighted by atomic mass is 16.2. The van der Waals surface area contributed by atoms with Gasteiger partial charge in [0.05, 0.1) is 12.5 Å². The molecule has 150 valence electrons. The second kappa shape index (κ2) is 8.14. The summed E-state index contributed by atoms with van der Waals surface area (Å²) < 4.78 is 0. The van der Waals surface area contributed by atoms with Gasteiger partial charge in [0.25, 0.3) is 5.91 Å². The maximum atomic E-state index is 12.6. The quantitative estimate of drug-likeness (QED) is 0.560. The molecule has 2 unspecified atom stereocenters. The highest BCUT2D eigenvalue weighted by molar-refractivity contribution is 6.07. The van der Waals surface area contributed by atoms with Gasteiger partial charge in [-0.3, -0.25) is 19.7 Å². The van der Waals surface area contributed by atoms with Crippen LogP contribution in [0.1, 0.15) is 37.4 Å². The van der Waals surface area contributed by atoms with Gasteiger partial charge in [0.2, 0.25) is 11.8 Å². The monoisotopic (exact) mass is 394 g/mol. The summed E-state index contributed by atoms with van der Waals surface area (Å²) in [5.74, 6) is -0.986. The number of urea groups is 1. The number of nitrogens with one attached hydrogen (secondary N) is 4. The van der Waals surface area contributed by atoms with Crippen molar-refractivity contribution in [2.75, 3.05) is 5.32 Å². The van der Waals surface area contributed by atoms with Crippen molar-refractivity contribution in [1.82, 2.24) is 16.0 Å². The van der Waals surface area contributed by atoms with E-state index in [-0.39, 0.29) is 18.2 Å². The number of amides is 5. The van der Waals surface area contributed by atoms with E-state index >= 15 is 0 Å². The van der Waals surface area contributed by atoms with Crippen LogP contribution in [-0.4, -0.2) is 23.8 Å². The first kappa shape index (κ1) is 20.1. The topological polar surface area (TPSA) is 116 Å². The van der Waals surface area contributed by atoms with Gasteiger partial charge in [0.15, 0.2) is 0 Å². The minimum absolute atomic E-state index is 0.0440. The largest absolute Gasteiger partial charge is 0.349 e. The summed E-state index contributed by atoms with van der Waals surface area (Å²) >= 11 is 0. The van der Waals surface area contributed by atoms with Crippen LogP contribution in [-0.2, 0) is 19.9 Å². The molecule has 2 atom stereocenters. The molecule has 2 aromatic carbocycles. The molecule has 0 radical (unpaired) electrons. The lowest BCUT2D eigenvalue weighted by Crippen LogP contribution is -2.40. The molecule has 0 spiro atoms. The molecule has 3 rings (SSSR count). The smallest absolute Gasteiger partial charge is 0.322 e. The number of rotatable bonds is 6. The van der Waals surface area contributed by atoms with E-state index in [0.29, 0.717) is 11.3 Å². The normalized spacial score (nSPS) is 19.1. The summed E-state index contributed by atoms with van der Waals surface area (Å²) in [7, 11) is 0. The fourth-order valence-corrected chi connectivity index (χ4v) is 3.23. The maximum absolute atomic E-state index is 12.6. The average molecular weight is 394 g/mol. The Hall–Kier alpha value is -3.68. The van der Waals surface area contributed by atoms with Gasteiger partial charge in [0.1, 0.15) is 5.54 Å². The zero-order chi connectivity index (χ0) is 21.0. The van der Waals surface area contributed by atoms with Gasteiger partial charge in [-0.05, 0) is 30.2 Å². The molecule has 2 aromatic rings. The Morgan fingerprint density at radius 1 is 1.07 bits per heavy atom. The Morgan fingerprint density at radius 2 is 1.79 bits per heavy atom. The van der Waals surface area contributed by atoms with Gasteiger partial charge in [-0.25, -0.2) is 4.79 Å². The first-order valence-electron chi connectivity index (χ1n) is 9.14. The van der Waals surface area contributed by atoms with Crippen molar-refractivity contribution in [2.24, 2.45) is 0 Å². The first-order valence-corrected chi connectivity index (χ1v) is 9.14. The van der Waals surface area contributed by atoms with Crippen LogP contribution in [0.5, 0.6) is 0 Å². The Labute approximate surface area is 168 Å². The molecule has 0 bridgehead atoms. The molecule has 1 aliphatic rings. The van der Waals surface area contributed by atoms with E-state index in [2.05, 4.69) is 21.3 Å². The number of hydrogen-bond donors (Lipinski definition) is 4. The first-order chi connectivity index (χ1) is 13.8. The second-order valence-electron chi connectivity index (χ2n) is 7.03. The predicted octanol–water partition coefficient (Wildman–Crippen LogP) is 1.95. The van der Waals surface area contributed by atoms with Crippen LogP contribution in [0.15, 0.2) is 54.6 Å². The van der Waals surface area contributed by atoms with Crippen molar-refractivity contribution in [3.05, 3.63) is 65.7 Å². The van der Waals surface area contributed by atoms with Gasteiger partial charge in [0, 0.05) is 12.6 Å². The Bertz CT molecular complexity index is 960. The minimum Gasteiger partial charge on any atom is -0.349 e. The van der Waals surface area contributed by atoms with Crippen molar-refractivity contribution < 1.29 is 19.2 Å². The molecular weight excluding hydrogens is 372 g/mol. The molecule has 1 aliphatic heterocycles. The van der Waals surface area contributed by atoms with E-state index in [1.165, 1.54) is 6.92 Å². The van der Waals surface area contributed by atoms with Crippen LogP contribution in [0.2, 0.25) is 0 Å². The number of benzene rings is 2. The van der Waals surface area contributed by atoms with Crippen LogP contribution in [0.25, 0.3) is 0 Å². The lowest BCUT2D eigenvalue weighted by molar-refractivity contribution is -0.124. The summed E-state index contributed by atoms with van der Waals surface area (Å²) in [4.78, 5) is 47.8. The van der Waals surface area contributed by atoms with Crippen molar-refractivity contribution in [2.45, 2.75) is 31.8 Å². The minimum atomic E-state index is -1.21. The molecule has 1 heterocycles. The van der Waals surface area contributed by atoms with E-state index in [1.807, 2.05) is 30.3 Å². The lowest BCUT2D eigenvalue weighted by atomic mass is 9.92. The molecular formula is C21H22N4O4. The van der Waals surface area contributed by atoms with Crippen molar-refractivity contribution >= 4 is 29.4 Å². The average Bonchev–Trinajstić information content (AvgIpc) is 2.94. The van der Waals surface area contributed by atoms with Crippen LogP contribution in [0, 0.1) is 0 Å². The molecule has 0 saturated carbocycles.